The molecule has 5 rings (SSSR count). The Hall–Kier alpha value is -4.66. The van der Waals surface area contributed by atoms with Gasteiger partial charge in [0.2, 0.25) is 24.4 Å². The Bertz CT molecular complexity index is 1530. The Labute approximate surface area is 206 Å². The molecule has 36 heavy (non-hydrogen) atoms. The number of aryl methyl sites for hydroxylation is 1. The summed E-state index contributed by atoms with van der Waals surface area (Å²) in [5.41, 5.74) is 2.92. The molecule has 0 saturated carbocycles. The molecule has 1 aliphatic heterocycles. The van der Waals surface area contributed by atoms with Crippen LogP contribution in [0.15, 0.2) is 71.5 Å². The van der Waals surface area contributed by atoms with Gasteiger partial charge in [-0.3, -0.25) is 23.9 Å². The van der Waals surface area contributed by atoms with Crippen molar-refractivity contribution in [3.63, 3.8) is 0 Å². The molecule has 9 nitrogen and oxygen atoms in total. The molecule has 0 radical (unpaired) electrons. The van der Waals surface area contributed by atoms with Crippen LogP contribution in [0.5, 0.6) is 11.5 Å². The predicted octanol–water partition coefficient (Wildman–Crippen LogP) is 3.63. The topological polar surface area (TPSA) is 103 Å². The van der Waals surface area contributed by atoms with Crippen molar-refractivity contribution in [1.82, 2.24) is 9.55 Å². The van der Waals surface area contributed by atoms with Gasteiger partial charge in [0.05, 0.1) is 17.6 Å². The van der Waals surface area contributed by atoms with E-state index in [1.165, 1.54) is 16.4 Å². The van der Waals surface area contributed by atoms with Gasteiger partial charge in [-0.2, -0.15) is 0 Å². The fourth-order valence-corrected chi connectivity index (χ4v) is 4.04. The highest BCUT2D eigenvalue weighted by Crippen LogP contribution is 2.34. The molecular formula is C27H24N4O5. The molecule has 4 aromatic rings. The minimum absolute atomic E-state index is 0.0299. The zero-order valence-electron chi connectivity index (χ0n) is 19.9. The van der Waals surface area contributed by atoms with E-state index < -0.39 is 11.5 Å². The van der Waals surface area contributed by atoms with Crippen LogP contribution in [0.2, 0.25) is 0 Å². The molecule has 2 heterocycles. The van der Waals surface area contributed by atoms with Gasteiger partial charge in [-0.25, -0.2) is 4.98 Å². The van der Waals surface area contributed by atoms with E-state index in [1.54, 1.807) is 42.5 Å². The van der Waals surface area contributed by atoms with Crippen LogP contribution in [-0.4, -0.2) is 28.2 Å². The number of nitrogens with one attached hydrogen (secondary N) is 1. The Morgan fingerprint density at radius 1 is 1.03 bits per heavy atom. The molecule has 1 aliphatic rings. The van der Waals surface area contributed by atoms with E-state index in [-0.39, 0.29) is 31.6 Å². The van der Waals surface area contributed by atoms with Crippen molar-refractivity contribution in [1.29, 1.82) is 0 Å². The number of aromatic nitrogens is 2. The van der Waals surface area contributed by atoms with Gasteiger partial charge in [0.15, 0.2) is 11.5 Å². The smallest absolute Gasteiger partial charge is 0.294 e. The Morgan fingerprint density at radius 2 is 1.78 bits per heavy atom. The molecule has 3 aromatic carbocycles. The lowest BCUT2D eigenvalue weighted by Crippen LogP contribution is -2.38. The minimum atomic E-state index is -0.531. The van der Waals surface area contributed by atoms with E-state index in [0.29, 0.717) is 28.2 Å². The van der Waals surface area contributed by atoms with E-state index >= 15 is 0 Å². The average molecular weight is 485 g/mol. The van der Waals surface area contributed by atoms with Crippen molar-refractivity contribution in [3.8, 4) is 11.5 Å². The first-order chi connectivity index (χ1) is 17.4. The third-order valence-corrected chi connectivity index (χ3v) is 5.89. The quantitative estimate of drug-likeness (QED) is 0.448. The van der Waals surface area contributed by atoms with Crippen LogP contribution in [-0.2, 0) is 22.7 Å². The molecule has 2 amide bonds. The normalized spacial score (nSPS) is 11.9. The van der Waals surface area contributed by atoms with E-state index in [4.69, 9.17) is 9.47 Å². The number of amides is 2. The van der Waals surface area contributed by atoms with Crippen LogP contribution in [0.4, 0.5) is 11.5 Å². The van der Waals surface area contributed by atoms with Crippen LogP contribution >= 0.6 is 0 Å². The fraction of sp³-hybridized carbons (Fsp3) is 0.185. The second-order valence-electron chi connectivity index (χ2n) is 8.52. The second-order valence-corrected chi connectivity index (χ2v) is 8.52. The zero-order chi connectivity index (χ0) is 25.2. The van der Waals surface area contributed by atoms with E-state index in [2.05, 4.69) is 10.3 Å². The van der Waals surface area contributed by atoms with E-state index in [1.807, 2.05) is 31.2 Å². The number of anilines is 2. The van der Waals surface area contributed by atoms with Crippen LogP contribution in [0.1, 0.15) is 18.1 Å². The zero-order valence-corrected chi connectivity index (χ0v) is 19.9. The molecule has 0 aliphatic carbocycles. The fourth-order valence-electron chi connectivity index (χ4n) is 4.04. The van der Waals surface area contributed by atoms with Crippen molar-refractivity contribution >= 4 is 34.4 Å². The number of nitrogens with zero attached hydrogens (tertiary/aromatic N) is 3. The lowest BCUT2D eigenvalue weighted by atomic mass is 10.1. The summed E-state index contributed by atoms with van der Waals surface area (Å²) in [6, 6.07) is 19.8. The van der Waals surface area contributed by atoms with Crippen molar-refractivity contribution in [2.75, 3.05) is 17.0 Å². The SMILES string of the molecule is CC(=O)N(Cc1ccc(C)cc1)c1nc2ccccc2n(CC(=O)Nc2ccc3c(c2)OCO3)c1=O. The number of fused-ring (bicyclic) bond motifs is 2. The summed E-state index contributed by atoms with van der Waals surface area (Å²) >= 11 is 0. The molecule has 0 atom stereocenters. The molecule has 0 saturated heterocycles. The molecule has 9 heteroatoms. The van der Waals surface area contributed by atoms with Crippen molar-refractivity contribution in [2.24, 2.45) is 0 Å². The highest BCUT2D eigenvalue weighted by molar-refractivity contribution is 5.93. The number of ether oxygens (including phenoxy) is 2. The minimum Gasteiger partial charge on any atom is -0.454 e. The number of para-hydroxylation sites is 2. The summed E-state index contributed by atoms with van der Waals surface area (Å²) in [5, 5.41) is 2.79. The predicted molar refractivity (Wildman–Crippen MR) is 135 cm³/mol. The summed E-state index contributed by atoms with van der Waals surface area (Å²) in [6.07, 6.45) is 0. The first kappa shape index (κ1) is 23.1. The molecule has 0 fully saturated rings. The highest BCUT2D eigenvalue weighted by atomic mass is 16.7. The maximum absolute atomic E-state index is 13.6. The third-order valence-electron chi connectivity index (χ3n) is 5.89. The maximum Gasteiger partial charge on any atom is 0.294 e. The lowest BCUT2D eigenvalue weighted by molar-refractivity contribution is -0.117. The van der Waals surface area contributed by atoms with Crippen molar-refractivity contribution < 1.29 is 19.1 Å². The second kappa shape index (κ2) is 9.53. The summed E-state index contributed by atoms with van der Waals surface area (Å²) in [7, 11) is 0. The van der Waals surface area contributed by atoms with Gasteiger partial charge in [-0.15, -0.1) is 0 Å². The molecule has 0 unspecified atom stereocenters. The summed E-state index contributed by atoms with van der Waals surface area (Å²) < 4.78 is 12.0. The Morgan fingerprint density at radius 3 is 2.56 bits per heavy atom. The number of carbonyl (C=O) groups is 2. The average Bonchev–Trinajstić information content (AvgIpc) is 3.33. The van der Waals surface area contributed by atoms with Crippen molar-refractivity contribution in [3.05, 3.63) is 88.2 Å². The summed E-state index contributed by atoms with van der Waals surface area (Å²) in [6.45, 7) is 3.41. The Kier molecular flexibility index (Phi) is 6.12. The number of hydrogen-bond donors (Lipinski definition) is 1. The van der Waals surface area contributed by atoms with Gasteiger partial charge in [-0.1, -0.05) is 42.0 Å². The largest absolute Gasteiger partial charge is 0.454 e. The molecule has 1 N–H and O–H groups in total. The highest BCUT2D eigenvalue weighted by Gasteiger charge is 2.22. The molecular weight excluding hydrogens is 460 g/mol. The van der Waals surface area contributed by atoms with Crippen LogP contribution < -0.4 is 25.2 Å². The molecule has 0 spiro atoms. The first-order valence-electron chi connectivity index (χ1n) is 11.4. The number of carbonyl (C=O) groups excluding carboxylic acids is 2. The third kappa shape index (κ3) is 4.63. The van der Waals surface area contributed by atoms with Crippen LogP contribution in [0.3, 0.4) is 0 Å². The maximum atomic E-state index is 13.6. The molecule has 0 bridgehead atoms. The monoisotopic (exact) mass is 484 g/mol. The van der Waals surface area contributed by atoms with Gasteiger partial charge in [0.1, 0.15) is 6.54 Å². The summed E-state index contributed by atoms with van der Waals surface area (Å²) in [5.74, 6) is 0.373. The number of rotatable bonds is 6. The van der Waals surface area contributed by atoms with Gasteiger partial charge >= 0.3 is 0 Å². The van der Waals surface area contributed by atoms with Crippen LogP contribution in [0, 0.1) is 6.92 Å². The number of benzene rings is 3. The van der Waals surface area contributed by atoms with Gasteiger partial charge < -0.3 is 14.8 Å². The van der Waals surface area contributed by atoms with Crippen LogP contribution in [0.25, 0.3) is 11.0 Å². The van der Waals surface area contributed by atoms with E-state index in [0.717, 1.165) is 11.1 Å². The molecule has 1 aromatic heterocycles. The summed E-state index contributed by atoms with van der Waals surface area (Å²) in [4.78, 5) is 45.0. The number of hydrogen-bond acceptors (Lipinski definition) is 6. The standard InChI is InChI=1S/C27H24N4O5/c1-17-7-9-19(10-8-17)14-30(18(2)32)26-27(34)31(22-6-4-3-5-21(22)29-26)15-25(33)28-20-11-12-23-24(13-20)36-16-35-23/h3-13H,14-16H2,1-2H3,(H,28,33). The van der Waals surface area contributed by atoms with E-state index in [9.17, 15) is 14.4 Å². The van der Waals surface area contributed by atoms with Gasteiger partial charge in [0.25, 0.3) is 5.56 Å². The van der Waals surface area contributed by atoms with Gasteiger partial charge in [0, 0.05) is 18.7 Å². The Balaban J connectivity index is 1.49. The van der Waals surface area contributed by atoms with Gasteiger partial charge in [-0.05, 0) is 36.8 Å². The molecule has 182 valence electrons. The van der Waals surface area contributed by atoms with Crippen molar-refractivity contribution in [2.45, 2.75) is 26.9 Å². The lowest BCUT2D eigenvalue weighted by Gasteiger charge is -2.21. The first-order valence-corrected chi connectivity index (χ1v) is 11.4.